The van der Waals surface area contributed by atoms with E-state index in [0.717, 1.165) is 99.1 Å². The van der Waals surface area contributed by atoms with Gasteiger partial charge in [0.25, 0.3) is 0 Å². The number of rotatable bonds is 25. The molecule has 0 aliphatic rings. The highest BCUT2D eigenvalue weighted by Crippen LogP contribution is 2.45. The van der Waals surface area contributed by atoms with Crippen LogP contribution in [0.25, 0.3) is 99.2 Å². The first kappa shape index (κ1) is 82.1. The van der Waals surface area contributed by atoms with Crippen molar-refractivity contribution in [3.63, 3.8) is 0 Å². The van der Waals surface area contributed by atoms with Crippen LogP contribution in [0.4, 0.5) is 0 Å². The number of nitrogens with zero attached hydrogens (tertiary/aromatic N) is 4. The first-order chi connectivity index (χ1) is 50.0. The van der Waals surface area contributed by atoms with Gasteiger partial charge in [-0.3, -0.25) is 13.8 Å². The standard InChI is InChI=1S/C25H29N2O5PS.C23H25N2O7PS.C23H24N2O4S.C6H16NP/c1-6-34(29,30)19-9-7-8-18(13-19)20-10-11-22(32-17(3)15-31-33(4,5)28)24-23(20)21-12-16(2)14-26-25(21)27-24;1-4-34(29,30)17-7-5-6-16(11-17)18-8-9-20(32-15(3)13-31-33(26,27)28)22-21(18)19-10-14(2)12-24-23(19)25-22;1-4-30(27,28)17-7-5-6-16(11-17)18-8-9-20(29-15(3)13-26)22-21(18)19-10-14(2)12-24-23(19)25-22;1-5-7(6-2)8(3)4/h7-14,17H,6,15H2,1-5H3,(H,26,27);5-12,15H,4,13H2,1-3H3,(H,24,25)(H2,26,27,28);5-12,15,26H,4,13H2,1-3H3,(H,24,25);5-6H2,1-4H3/t17-;2*15-;/m000./s1. The summed E-state index contributed by atoms with van der Waals surface area (Å²) in [6.07, 6.45) is 3.98. The van der Waals surface area contributed by atoms with Gasteiger partial charge in [-0.15, -0.1) is 0 Å². The quantitative estimate of drug-likeness (QED) is 0.0290. The van der Waals surface area contributed by atoms with Gasteiger partial charge in [-0.1, -0.05) is 71.0 Å². The SMILES string of the molecule is CCN(CC)P(C)C.CCS(=O)(=O)c1cccc(-c2ccc(O[C@@H](C)CO)c3[nH]c4ncc(C)cc4c23)c1.CCS(=O)(=O)c1cccc(-c2ccc(O[C@@H](C)COP(=O)(O)O)c3[nH]c4ncc(C)cc4c23)c1.CCS(=O)(=O)c1cccc(-c2ccc(O[C@@H](C)COP(C)(C)=O)c3[nH]c4ncc(C)cc4c23)c1. The number of fused-ring (bicyclic) bond motifs is 9. The largest absolute Gasteiger partial charge is 0.486 e. The van der Waals surface area contributed by atoms with Gasteiger partial charge in [-0.25, -0.2) is 44.8 Å². The summed E-state index contributed by atoms with van der Waals surface area (Å²) in [6, 6.07) is 38.0. The molecule has 0 bridgehead atoms. The zero-order chi connectivity index (χ0) is 77.4. The van der Waals surface area contributed by atoms with Crippen molar-refractivity contribution in [1.82, 2.24) is 34.6 Å². The maximum Gasteiger partial charge on any atom is 0.469 e. The van der Waals surface area contributed by atoms with Crippen molar-refractivity contribution in [2.24, 2.45) is 0 Å². The van der Waals surface area contributed by atoms with Crippen molar-refractivity contribution in [2.75, 3.05) is 76.8 Å². The summed E-state index contributed by atoms with van der Waals surface area (Å²) in [6.45, 7) is 30.4. The van der Waals surface area contributed by atoms with E-state index in [2.05, 4.69) is 78.4 Å². The minimum atomic E-state index is -4.62. The number of phosphoric ester groups is 1. The number of hydrogen-bond acceptors (Lipinski definition) is 18. The lowest BCUT2D eigenvalue weighted by molar-refractivity contribution is 0.113. The highest BCUT2D eigenvalue weighted by molar-refractivity contribution is 7.92. The summed E-state index contributed by atoms with van der Waals surface area (Å²) >= 11 is 0. The Balaban J connectivity index is 0.000000175. The normalized spacial score (nSPS) is 13.2. The van der Waals surface area contributed by atoms with Crippen molar-refractivity contribution in [3.8, 4) is 50.6 Å². The fourth-order valence-electron chi connectivity index (χ4n) is 12.0. The monoisotopic (exact) mass is 1560 g/mol. The van der Waals surface area contributed by atoms with Crippen LogP contribution in [0.15, 0.2) is 161 Å². The zero-order valence-corrected chi connectivity index (χ0v) is 67.4. The molecule has 0 amide bonds. The molecule has 3 atom stereocenters. The van der Waals surface area contributed by atoms with E-state index in [1.807, 2.05) is 82.3 Å². The predicted molar refractivity (Wildman–Crippen MR) is 427 cm³/mol. The van der Waals surface area contributed by atoms with Crippen LogP contribution in [0.3, 0.4) is 0 Å². The maximum absolute atomic E-state index is 12.5. The Morgan fingerprint density at radius 2 is 0.783 bits per heavy atom. The smallest absolute Gasteiger partial charge is 0.469 e. The van der Waals surface area contributed by atoms with E-state index in [0.29, 0.717) is 43.9 Å². The third kappa shape index (κ3) is 19.9. The molecule has 0 aliphatic heterocycles. The topological polar surface area (TPSA) is 333 Å². The number of benzene rings is 6. The molecule has 0 saturated heterocycles. The summed E-state index contributed by atoms with van der Waals surface area (Å²) in [5.41, 5.74) is 12.1. The number of aliphatic hydroxyl groups is 1. The van der Waals surface area contributed by atoms with Crippen LogP contribution in [-0.4, -0.2) is 170 Å². The van der Waals surface area contributed by atoms with Gasteiger partial charge in [0.2, 0.25) is 0 Å². The molecule has 566 valence electrons. The predicted octanol–water partition coefficient (Wildman–Crippen LogP) is 16.4. The van der Waals surface area contributed by atoms with Crippen LogP contribution in [0, 0.1) is 20.8 Å². The minimum Gasteiger partial charge on any atom is -0.486 e. The lowest BCUT2D eigenvalue weighted by atomic mass is 9.99. The van der Waals surface area contributed by atoms with Gasteiger partial charge in [0.05, 0.1) is 68.3 Å². The number of aliphatic hydroxyl groups excluding tert-OH is 1. The molecule has 23 nitrogen and oxygen atoms in total. The second kappa shape index (κ2) is 34.5. The summed E-state index contributed by atoms with van der Waals surface area (Å²) in [4.78, 5) is 42.3. The van der Waals surface area contributed by atoms with E-state index in [1.54, 1.807) is 127 Å². The first-order valence-electron chi connectivity index (χ1n) is 34.7. The summed E-state index contributed by atoms with van der Waals surface area (Å²) in [5, 5.41) is 14.7. The van der Waals surface area contributed by atoms with Gasteiger partial charge in [0, 0.05) is 64.2 Å². The van der Waals surface area contributed by atoms with Crippen LogP contribution in [0.2, 0.25) is 0 Å². The molecule has 0 fully saturated rings. The number of phosphoric acid groups is 1. The first-order valence-corrected chi connectivity index (χ1v) is 45.9. The Morgan fingerprint density at radius 3 is 1.05 bits per heavy atom. The molecule has 0 spiro atoms. The molecular formula is C77H94N7O16P3S3. The third-order valence-corrected chi connectivity index (χ3v) is 25.6. The number of aromatic amines is 3. The Kier molecular flexibility index (Phi) is 26.8. The number of sulfone groups is 3. The molecule has 0 aliphatic carbocycles. The van der Waals surface area contributed by atoms with Crippen molar-refractivity contribution in [3.05, 3.63) is 163 Å². The number of pyridine rings is 3. The Bertz CT molecular complexity index is 5390. The molecule has 106 heavy (non-hydrogen) atoms. The molecule has 29 heteroatoms. The Labute approximate surface area is 621 Å². The van der Waals surface area contributed by atoms with Gasteiger partial charge < -0.3 is 48.6 Å². The molecule has 6 heterocycles. The van der Waals surface area contributed by atoms with Gasteiger partial charge in [-0.05, 0) is 217 Å². The molecule has 0 unspecified atom stereocenters. The van der Waals surface area contributed by atoms with Crippen LogP contribution in [-0.2, 0) is 47.7 Å². The highest BCUT2D eigenvalue weighted by atomic mass is 32.2. The molecule has 6 aromatic carbocycles. The summed E-state index contributed by atoms with van der Waals surface area (Å²) in [5.74, 6) is 1.77. The van der Waals surface area contributed by atoms with E-state index in [4.69, 9.17) is 28.5 Å². The second-order valence-corrected chi connectivity index (χ2v) is 39.4. The average Bonchev–Trinajstić information content (AvgIpc) is 1.32. The van der Waals surface area contributed by atoms with Crippen LogP contribution in [0.5, 0.6) is 17.2 Å². The van der Waals surface area contributed by atoms with Crippen molar-refractivity contribution in [1.29, 1.82) is 0 Å². The molecule has 6 aromatic heterocycles. The van der Waals surface area contributed by atoms with Crippen LogP contribution in [0.1, 0.15) is 72.1 Å². The number of hydrogen-bond donors (Lipinski definition) is 6. The molecule has 0 saturated carbocycles. The molecule has 0 radical (unpaired) electrons. The van der Waals surface area contributed by atoms with Crippen molar-refractivity contribution in [2.45, 2.75) is 109 Å². The summed E-state index contributed by atoms with van der Waals surface area (Å²) in [7, 11) is -17.1. The molecule has 12 rings (SSSR count). The number of aromatic nitrogens is 6. The van der Waals surface area contributed by atoms with E-state index in [1.165, 1.54) is 13.1 Å². The van der Waals surface area contributed by atoms with E-state index < -0.39 is 50.8 Å². The second-order valence-electron chi connectivity index (χ2n) is 26.3. The lowest BCUT2D eigenvalue weighted by Crippen LogP contribution is -2.18. The zero-order valence-electron chi connectivity index (χ0n) is 62.2. The van der Waals surface area contributed by atoms with Crippen molar-refractivity contribution >= 4 is 119 Å². The average molecular weight is 1560 g/mol. The fourth-order valence-corrected chi connectivity index (χ4v) is 16.9. The number of ether oxygens (including phenoxy) is 3. The molecular weight excluding hydrogens is 1470 g/mol. The van der Waals surface area contributed by atoms with Gasteiger partial charge in [0.15, 0.2) is 36.9 Å². The number of aryl methyl sites for hydroxylation is 3. The van der Waals surface area contributed by atoms with Crippen LogP contribution >= 0.6 is 23.3 Å². The Morgan fingerprint density at radius 1 is 0.472 bits per heavy atom. The van der Waals surface area contributed by atoms with Gasteiger partial charge >= 0.3 is 7.82 Å². The van der Waals surface area contributed by atoms with Gasteiger partial charge in [-0.2, -0.15) is 0 Å². The minimum absolute atomic E-state index is 0.00339. The van der Waals surface area contributed by atoms with E-state index in [-0.39, 0.29) is 62.3 Å². The third-order valence-electron chi connectivity index (χ3n) is 17.4. The summed E-state index contributed by atoms with van der Waals surface area (Å²) < 4.78 is 128. The molecule has 6 N–H and O–H groups in total. The Hall–Kier alpha value is -7.93. The lowest BCUT2D eigenvalue weighted by Gasteiger charge is -2.22. The fraction of sp³-hybridized carbons (Fsp3) is 0.338. The number of H-pyrrole nitrogens is 3. The van der Waals surface area contributed by atoms with Crippen molar-refractivity contribution < 1.29 is 72.5 Å². The van der Waals surface area contributed by atoms with E-state index in [9.17, 15) is 39.5 Å². The highest BCUT2D eigenvalue weighted by Gasteiger charge is 2.25. The van der Waals surface area contributed by atoms with Crippen LogP contribution < -0.4 is 14.2 Å². The maximum atomic E-state index is 12.5. The molecule has 12 aromatic rings. The number of nitrogens with one attached hydrogen (secondary N) is 3. The van der Waals surface area contributed by atoms with E-state index >= 15 is 0 Å². The van der Waals surface area contributed by atoms with Gasteiger partial charge in [0.1, 0.15) is 52.5 Å².